The van der Waals surface area contributed by atoms with Crippen molar-refractivity contribution in [2.75, 3.05) is 37.7 Å². The zero-order valence-corrected chi connectivity index (χ0v) is 15.2. The summed E-state index contributed by atoms with van der Waals surface area (Å²) in [7, 11) is 0. The van der Waals surface area contributed by atoms with Gasteiger partial charge in [0.05, 0.1) is 12.3 Å². The average Bonchev–Trinajstić information content (AvgIpc) is 2.68. The van der Waals surface area contributed by atoms with Gasteiger partial charge in [-0.25, -0.2) is 4.39 Å². The van der Waals surface area contributed by atoms with Crippen molar-refractivity contribution in [3.05, 3.63) is 59.9 Å². The first-order chi connectivity index (χ1) is 12.7. The summed E-state index contributed by atoms with van der Waals surface area (Å²) < 4.78 is 19.4. The first-order valence-corrected chi connectivity index (χ1v) is 9.17. The summed E-state index contributed by atoms with van der Waals surface area (Å²) in [6, 6.07) is 14.7. The number of amides is 1. The molecule has 0 radical (unpaired) electrons. The molecule has 0 atom stereocenters. The monoisotopic (exact) mass is 356 g/mol. The van der Waals surface area contributed by atoms with Crippen molar-refractivity contribution in [2.45, 2.75) is 19.8 Å². The highest BCUT2D eigenvalue weighted by molar-refractivity contribution is 5.77. The lowest BCUT2D eigenvalue weighted by Crippen LogP contribution is -2.49. The van der Waals surface area contributed by atoms with Crippen LogP contribution in [0, 0.1) is 5.82 Å². The predicted molar refractivity (Wildman–Crippen MR) is 101 cm³/mol. The predicted octanol–water partition coefficient (Wildman–Crippen LogP) is 3.51. The Morgan fingerprint density at radius 2 is 1.73 bits per heavy atom. The van der Waals surface area contributed by atoms with Crippen LogP contribution in [0.2, 0.25) is 0 Å². The molecule has 4 nitrogen and oxygen atoms in total. The number of aryl methyl sites for hydroxylation is 1. The van der Waals surface area contributed by atoms with Crippen molar-refractivity contribution in [1.29, 1.82) is 0 Å². The number of carbonyl (C=O) groups excluding carboxylic acids is 1. The number of anilines is 1. The van der Waals surface area contributed by atoms with Gasteiger partial charge in [-0.05, 0) is 37.1 Å². The summed E-state index contributed by atoms with van der Waals surface area (Å²) in [4.78, 5) is 16.6. The molecule has 5 heteroatoms. The highest BCUT2D eigenvalue weighted by Crippen LogP contribution is 2.28. The normalized spacial score (nSPS) is 14.4. The van der Waals surface area contributed by atoms with E-state index in [1.165, 1.54) is 6.07 Å². The SMILES string of the molecule is CCOc1ccccc1N1CCN(C(=O)CCc2ccccc2F)CC1. The van der Waals surface area contributed by atoms with Gasteiger partial charge in [-0.15, -0.1) is 0 Å². The van der Waals surface area contributed by atoms with Gasteiger partial charge in [0.15, 0.2) is 0 Å². The molecule has 0 aromatic heterocycles. The third-order valence-electron chi connectivity index (χ3n) is 4.70. The fraction of sp³-hybridized carbons (Fsp3) is 0.381. The van der Waals surface area contributed by atoms with Crippen LogP contribution in [0.4, 0.5) is 10.1 Å². The molecule has 1 aliphatic rings. The summed E-state index contributed by atoms with van der Waals surface area (Å²) in [5.74, 6) is 0.734. The van der Waals surface area contributed by atoms with E-state index in [0.29, 0.717) is 38.1 Å². The molecule has 1 saturated heterocycles. The molecule has 26 heavy (non-hydrogen) atoms. The second kappa shape index (κ2) is 8.70. The fourth-order valence-corrected chi connectivity index (χ4v) is 3.29. The first kappa shape index (κ1) is 18.2. The summed E-state index contributed by atoms with van der Waals surface area (Å²) in [6.45, 7) is 5.51. The van der Waals surface area contributed by atoms with Gasteiger partial charge >= 0.3 is 0 Å². The summed E-state index contributed by atoms with van der Waals surface area (Å²) >= 11 is 0. The molecule has 0 unspecified atom stereocenters. The Hall–Kier alpha value is -2.56. The standard InChI is InChI=1S/C21H25FN2O2/c1-2-26-20-10-6-5-9-19(20)23-13-15-24(16-14-23)21(25)12-11-17-7-3-4-8-18(17)22/h3-10H,2,11-16H2,1H3. The minimum absolute atomic E-state index is 0.0889. The Morgan fingerprint density at radius 3 is 2.46 bits per heavy atom. The molecule has 1 heterocycles. The van der Waals surface area contributed by atoms with E-state index in [-0.39, 0.29) is 11.7 Å². The van der Waals surface area contributed by atoms with Crippen molar-refractivity contribution in [3.63, 3.8) is 0 Å². The number of benzene rings is 2. The molecule has 138 valence electrons. The van der Waals surface area contributed by atoms with Crippen LogP contribution in [-0.2, 0) is 11.2 Å². The molecule has 0 spiro atoms. The number of piperazine rings is 1. The third kappa shape index (κ3) is 4.34. The number of hydrogen-bond donors (Lipinski definition) is 0. The van der Waals surface area contributed by atoms with E-state index in [4.69, 9.17) is 4.74 Å². The van der Waals surface area contributed by atoms with E-state index in [0.717, 1.165) is 24.5 Å². The molecule has 0 saturated carbocycles. The molecule has 0 aliphatic carbocycles. The maximum Gasteiger partial charge on any atom is 0.223 e. The Labute approximate surface area is 154 Å². The number of rotatable bonds is 6. The summed E-state index contributed by atoms with van der Waals surface area (Å²) in [6.07, 6.45) is 0.787. The van der Waals surface area contributed by atoms with E-state index in [9.17, 15) is 9.18 Å². The van der Waals surface area contributed by atoms with Crippen LogP contribution in [0.3, 0.4) is 0 Å². The largest absolute Gasteiger partial charge is 0.492 e. The van der Waals surface area contributed by atoms with Crippen LogP contribution in [0.15, 0.2) is 48.5 Å². The Kier molecular flexibility index (Phi) is 6.10. The van der Waals surface area contributed by atoms with E-state index in [1.807, 2.05) is 30.0 Å². The van der Waals surface area contributed by atoms with Gasteiger partial charge in [-0.2, -0.15) is 0 Å². The summed E-state index contributed by atoms with van der Waals surface area (Å²) in [5, 5.41) is 0. The molecule has 1 aliphatic heterocycles. The minimum atomic E-state index is -0.238. The van der Waals surface area contributed by atoms with Gasteiger partial charge in [0.2, 0.25) is 5.91 Å². The van der Waals surface area contributed by atoms with Crippen molar-refractivity contribution in [2.24, 2.45) is 0 Å². The number of nitrogens with zero attached hydrogens (tertiary/aromatic N) is 2. The lowest BCUT2D eigenvalue weighted by molar-refractivity contribution is -0.131. The van der Waals surface area contributed by atoms with Crippen LogP contribution in [0.5, 0.6) is 5.75 Å². The third-order valence-corrected chi connectivity index (χ3v) is 4.70. The van der Waals surface area contributed by atoms with E-state index >= 15 is 0 Å². The maximum atomic E-state index is 13.7. The zero-order valence-electron chi connectivity index (χ0n) is 15.2. The number of ether oxygens (including phenoxy) is 1. The molecular weight excluding hydrogens is 331 g/mol. The molecule has 2 aromatic rings. The van der Waals surface area contributed by atoms with E-state index in [1.54, 1.807) is 18.2 Å². The summed E-state index contributed by atoms with van der Waals surface area (Å²) in [5.41, 5.74) is 1.68. The Morgan fingerprint density at radius 1 is 1.04 bits per heavy atom. The quantitative estimate of drug-likeness (QED) is 0.794. The average molecular weight is 356 g/mol. The number of carbonyl (C=O) groups is 1. The first-order valence-electron chi connectivity index (χ1n) is 9.17. The second-order valence-corrected chi connectivity index (χ2v) is 6.36. The van der Waals surface area contributed by atoms with Crippen molar-refractivity contribution >= 4 is 11.6 Å². The molecule has 1 amide bonds. The minimum Gasteiger partial charge on any atom is -0.492 e. The Bertz CT molecular complexity index is 742. The lowest BCUT2D eigenvalue weighted by atomic mass is 10.1. The molecule has 2 aromatic carbocycles. The maximum absolute atomic E-state index is 13.7. The van der Waals surface area contributed by atoms with Crippen molar-refractivity contribution in [3.8, 4) is 5.75 Å². The second-order valence-electron chi connectivity index (χ2n) is 6.36. The molecule has 0 N–H and O–H groups in total. The van der Waals surface area contributed by atoms with Gasteiger partial charge in [0.1, 0.15) is 11.6 Å². The molecular formula is C21H25FN2O2. The molecule has 1 fully saturated rings. The molecule has 3 rings (SSSR count). The highest BCUT2D eigenvalue weighted by Gasteiger charge is 2.22. The van der Waals surface area contributed by atoms with Crippen LogP contribution in [-0.4, -0.2) is 43.6 Å². The van der Waals surface area contributed by atoms with Crippen molar-refractivity contribution in [1.82, 2.24) is 4.90 Å². The topological polar surface area (TPSA) is 32.8 Å². The van der Waals surface area contributed by atoms with E-state index in [2.05, 4.69) is 11.0 Å². The van der Waals surface area contributed by atoms with Gasteiger partial charge in [0.25, 0.3) is 0 Å². The fourth-order valence-electron chi connectivity index (χ4n) is 3.29. The lowest BCUT2D eigenvalue weighted by Gasteiger charge is -2.36. The zero-order chi connectivity index (χ0) is 18.4. The van der Waals surface area contributed by atoms with Gasteiger partial charge in [-0.3, -0.25) is 4.79 Å². The van der Waals surface area contributed by atoms with Gasteiger partial charge in [-0.1, -0.05) is 30.3 Å². The highest BCUT2D eigenvalue weighted by atomic mass is 19.1. The number of hydrogen-bond acceptors (Lipinski definition) is 3. The van der Waals surface area contributed by atoms with Crippen LogP contribution >= 0.6 is 0 Å². The van der Waals surface area contributed by atoms with E-state index < -0.39 is 0 Å². The van der Waals surface area contributed by atoms with Crippen LogP contribution in [0.25, 0.3) is 0 Å². The van der Waals surface area contributed by atoms with Crippen LogP contribution in [0.1, 0.15) is 18.9 Å². The van der Waals surface area contributed by atoms with Gasteiger partial charge in [0, 0.05) is 32.6 Å². The molecule has 0 bridgehead atoms. The van der Waals surface area contributed by atoms with Crippen LogP contribution < -0.4 is 9.64 Å². The smallest absolute Gasteiger partial charge is 0.223 e. The number of para-hydroxylation sites is 2. The number of halogens is 1. The van der Waals surface area contributed by atoms with Gasteiger partial charge < -0.3 is 14.5 Å². The van der Waals surface area contributed by atoms with Crippen molar-refractivity contribution < 1.29 is 13.9 Å². The Balaban J connectivity index is 1.53.